The van der Waals surface area contributed by atoms with E-state index in [1.807, 2.05) is 11.9 Å². The van der Waals surface area contributed by atoms with Crippen LogP contribution in [0.15, 0.2) is 6.33 Å². The Morgan fingerprint density at radius 3 is 2.89 bits per heavy atom. The van der Waals surface area contributed by atoms with Crippen molar-refractivity contribution in [1.82, 2.24) is 9.97 Å². The Balaban J connectivity index is 2.20. The summed E-state index contributed by atoms with van der Waals surface area (Å²) in [7, 11) is 1.90. The molecule has 0 radical (unpaired) electrons. The van der Waals surface area contributed by atoms with Crippen LogP contribution in [-0.2, 0) is 17.6 Å². The molecule has 1 heterocycles. The number of carboxylic acid groups (broad SMARTS) is 1. The van der Waals surface area contributed by atoms with Crippen LogP contribution < -0.4 is 4.90 Å². The fourth-order valence-electron chi connectivity index (χ4n) is 2.41. The minimum atomic E-state index is -0.773. The van der Waals surface area contributed by atoms with Gasteiger partial charge in [0.25, 0.3) is 0 Å². The quantitative estimate of drug-likeness (QED) is 0.876. The number of aryl methyl sites for hydroxylation is 1. The molecule has 0 amide bonds. The Bertz CT molecular complexity index is 448. The summed E-state index contributed by atoms with van der Waals surface area (Å²) >= 11 is 0. The second kappa shape index (κ2) is 5.33. The number of nitrogens with zero attached hydrogens (tertiary/aromatic N) is 3. The van der Waals surface area contributed by atoms with Crippen molar-refractivity contribution >= 4 is 11.8 Å². The first-order chi connectivity index (χ1) is 8.59. The highest BCUT2D eigenvalue weighted by Crippen LogP contribution is 2.26. The van der Waals surface area contributed by atoms with Crippen LogP contribution in [0.5, 0.6) is 0 Å². The highest BCUT2D eigenvalue weighted by Gasteiger charge is 2.20. The molecule has 18 heavy (non-hydrogen) atoms. The first kappa shape index (κ1) is 12.8. The fraction of sp³-hybridized carbons (Fsp3) is 0.615. The number of aliphatic carboxylic acids is 1. The van der Waals surface area contributed by atoms with Crippen molar-refractivity contribution in [1.29, 1.82) is 0 Å². The Labute approximate surface area is 107 Å². The van der Waals surface area contributed by atoms with Crippen LogP contribution in [0.1, 0.15) is 31.0 Å². The zero-order chi connectivity index (χ0) is 13.1. The van der Waals surface area contributed by atoms with Crippen LogP contribution in [0.3, 0.4) is 0 Å². The Kier molecular flexibility index (Phi) is 3.79. The molecule has 0 spiro atoms. The van der Waals surface area contributed by atoms with E-state index >= 15 is 0 Å². The molecule has 0 bridgehead atoms. The highest BCUT2D eigenvalue weighted by atomic mass is 16.4. The maximum atomic E-state index is 10.9. The van der Waals surface area contributed by atoms with Crippen LogP contribution in [0.25, 0.3) is 0 Å². The number of fused-ring (bicyclic) bond motifs is 1. The van der Waals surface area contributed by atoms with Crippen molar-refractivity contribution in [3.05, 3.63) is 17.6 Å². The Hall–Kier alpha value is -1.65. The van der Waals surface area contributed by atoms with Crippen molar-refractivity contribution in [3.8, 4) is 0 Å². The molecule has 1 atom stereocenters. The number of carboxylic acids is 1. The van der Waals surface area contributed by atoms with Gasteiger partial charge in [0.1, 0.15) is 12.1 Å². The van der Waals surface area contributed by atoms with Gasteiger partial charge >= 0.3 is 5.97 Å². The van der Waals surface area contributed by atoms with Crippen molar-refractivity contribution < 1.29 is 9.90 Å². The molecule has 1 aromatic rings. The Morgan fingerprint density at radius 1 is 1.44 bits per heavy atom. The predicted octanol–water partition coefficient (Wildman–Crippen LogP) is 1.51. The first-order valence-electron chi connectivity index (χ1n) is 6.36. The molecular formula is C13H19N3O2. The average Bonchev–Trinajstić information content (AvgIpc) is 2.37. The lowest BCUT2D eigenvalue weighted by Gasteiger charge is -2.25. The third-order valence-electron chi connectivity index (χ3n) is 3.43. The van der Waals surface area contributed by atoms with Gasteiger partial charge in [0.2, 0.25) is 0 Å². The van der Waals surface area contributed by atoms with E-state index in [4.69, 9.17) is 5.11 Å². The molecule has 0 saturated heterocycles. The lowest BCUT2D eigenvalue weighted by Crippen LogP contribution is -2.30. The molecule has 1 N–H and O–H groups in total. The number of hydrogen-bond acceptors (Lipinski definition) is 4. The molecule has 0 saturated carbocycles. The summed E-state index contributed by atoms with van der Waals surface area (Å²) in [6.07, 6.45) is 5.93. The van der Waals surface area contributed by atoms with Gasteiger partial charge in [-0.25, -0.2) is 9.97 Å². The molecule has 1 unspecified atom stereocenters. The van der Waals surface area contributed by atoms with Gasteiger partial charge in [0.15, 0.2) is 0 Å². The van der Waals surface area contributed by atoms with Gasteiger partial charge in [-0.15, -0.1) is 0 Å². The number of carbonyl (C=O) groups is 1. The second-order valence-corrected chi connectivity index (χ2v) is 4.95. The molecular weight excluding hydrogens is 230 g/mol. The van der Waals surface area contributed by atoms with E-state index in [1.54, 1.807) is 13.3 Å². The minimum absolute atomic E-state index is 0.399. The van der Waals surface area contributed by atoms with Crippen LogP contribution in [-0.4, -0.2) is 34.6 Å². The third-order valence-corrected chi connectivity index (χ3v) is 3.43. The summed E-state index contributed by atoms with van der Waals surface area (Å²) in [4.78, 5) is 21.5. The minimum Gasteiger partial charge on any atom is -0.481 e. The Morgan fingerprint density at radius 2 is 2.17 bits per heavy atom. The fourth-order valence-corrected chi connectivity index (χ4v) is 2.41. The predicted molar refractivity (Wildman–Crippen MR) is 68.7 cm³/mol. The number of aromatic nitrogens is 2. The summed E-state index contributed by atoms with van der Waals surface area (Å²) in [6, 6.07) is 0. The molecule has 5 nitrogen and oxygen atoms in total. The van der Waals surface area contributed by atoms with Gasteiger partial charge in [-0.3, -0.25) is 4.79 Å². The van der Waals surface area contributed by atoms with Gasteiger partial charge in [-0.1, -0.05) is 6.92 Å². The normalized spacial score (nSPS) is 15.9. The van der Waals surface area contributed by atoms with Gasteiger partial charge in [0.05, 0.1) is 5.92 Å². The van der Waals surface area contributed by atoms with Gasteiger partial charge < -0.3 is 10.0 Å². The van der Waals surface area contributed by atoms with E-state index in [1.165, 1.54) is 12.0 Å². The molecule has 1 aromatic heterocycles. The maximum absolute atomic E-state index is 10.9. The highest BCUT2D eigenvalue weighted by molar-refractivity contribution is 5.70. The number of rotatable bonds is 4. The molecule has 0 fully saturated rings. The van der Waals surface area contributed by atoms with Gasteiger partial charge in [-0.05, 0) is 25.7 Å². The molecule has 2 rings (SSSR count). The summed E-state index contributed by atoms with van der Waals surface area (Å²) in [5, 5.41) is 8.96. The van der Waals surface area contributed by atoms with Crippen molar-refractivity contribution in [2.45, 2.75) is 32.6 Å². The summed E-state index contributed by atoms with van der Waals surface area (Å²) in [6.45, 7) is 2.19. The van der Waals surface area contributed by atoms with Crippen molar-refractivity contribution in [2.24, 2.45) is 5.92 Å². The first-order valence-corrected chi connectivity index (χ1v) is 6.36. The smallest absolute Gasteiger partial charge is 0.308 e. The van der Waals surface area contributed by atoms with Crippen LogP contribution >= 0.6 is 0 Å². The van der Waals surface area contributed by atoms with E-state index in [-0.39, 0.29) is 0 Å². The second-order valence-electron chi connectivity index (χ2n) is 4.95. The van der Waals surface area contributed by atoms with Crippen molar-refractivity contribution in [2.75, 3.05) is 18.5 Å². The largest absolute Gasteiger partial charge is 0.481 e. The maximum Gasteiger partial charge on any atom is 0.308 e. The van der Waals surface area contributed by atoms with Crippen LogP contribution in [0.4, 0.5) is 5.82 Å². The van der Waals surface area contributed by atoms with Crippen LogP contribution in [0.2, 0.25) is 0 Å². The summed E-state index contributed by atoms with van der Waals surface area (Å²) in [5.41, 5.74) is 2.32. The van der Waals surface area contributed by atoms with E-state index in [2.05, 4.69) is 9.97 Å². The zero-order valence-corrected chi connectivity index (χ0v) is 10.9. The van der Waals surface area contributed by atoms with E-state index in [9.17, 15) is 4.79 Å². The molecule has 1 aliphatic rings. The molecule has 5 heteroatoms. The molecule has 98 valence electrons. The lowest BCUT2D eigenvalue weighted by atomic mass is 9.96. The number of anilines is 1. The van der Waals surface area contributed by atoms with Gasteiger partial charge in [0, 0.05) is 24.8 Å². The van der Waals surface area contributed by atoms with E-state index < -0.39 is 11.9 Å². The van der Waals surface area contributed by atoms with Gasteiger partial charge in [-0.2, -0.15) is 0 Å². The topological polar surface area (TPSA) is 66.3 Å². The van der Waals surface area contributed by atoms with Crippen LogP contribution in [0, 0.1) is 5.92 Å². The molecule has 1 aliphatic carbocycles. The third kappa shape index (κ3) is 2.60. The standard InChI is InChI=1S/C13H19N3O2/c1-9(13(17)18)7-16(2)12-10-5-3-4-6-11(10)14-8-15-12/h8-9H,3-7H2,1-2H3,(H,17,18). The molecule has 0 aromatic carbocycles. The SMILES string of the molecule is CC(CN(C)c1ncnc2c1CCCC2)C(=O)O. The average molecular weight is 249 g/mol. The lowest BCUT2D eigenvalue weighted by molar-refractivity contribution is -0.140. The zero-order valence-electron chi connectivity index (χ0n) is 10.9. The monoisotopic (exact) mass is 249 g/mol. The van der Waals surface area contributed by atoms with E-state index in [0.29, 0.717) is 6.54 Å². The van der Waals surface area contributed by atoms with Crippen molar-refractivity contribution in [3.63, 3.8) is 0 Å². The number of hydrogen-bond donors (Lipinski definition) is 1. The van der Waals surface area contributed by atoms with E-state index in [0.717, 1.165) is 30.8 Å². The molecule has 0 aliphatic heterocycles. The summed E-state index contributed by atoms with van der Waals surface area (Å²) in [5.74, 6) is -0.276. The summed E-state index contributed by atoms with van der Waals surface area (Å²) < 4.78 is 0.